The van der Waals surface area contributed by atoms with E-state index in [0.717, 1.165) is 5.56 Å². The van der Waals surface area contributed by atoms with Crippen molar-refractivity contribution in [3.05, 3.63) is 53.6 Å². The Balaban J connectivity index is 2.44. The Bertz CT molecular complexity index is 611. The number of aromatic nitrogens is 1. The first-order valence-electron chi connectivity index (χ1n) is 6.19. The molecule has 0 aliphatic rings. The first-order valence-corrected chi connectivity index (χ1v) is 6.19. The molecule has 0 unspecified atom stereocenters. The number of halogens is 1. The van der Waals surface area contributed by atoms with Gasteiger partial charge in [-0.3, -0.25) is 0 Å². The molecule has 0 spiro atoms. The largest absolute Gasteiger partial charge is 0.461 e. The lowest BCUT2D eigenvalue weighted by atomic mass is 10.0. The van der Waals surface area contributed by atoms with Crippen molar-refractivity contribution in [3.8, 4) is 11.1 Å². The number of rotatable bonds is 4. The van der Waals surface area contributed by atoms with Crippen LogP contribution in [0.3, 0.4) is 0 Å². The molecule has 0 aliphatic carbocycles. The first-order chi connectivity index (χ1) is 9.63. The van der Waals surface area contributed by atoms with Gasteiger partial charge in [-0.2, -0.15) is 0 Å². The van der Waals surface area contributed by atoms with Crippen molar-refractivity contribution in [1.29, 1.82) is 0 Å². The van der Waals surface area contributed by atoms with Crippen LogP contribution in [0.25, 0.3) is 11.1 Å². The Hall–Kier alpha value is -2.27. The van der Waals surface area contributed by atoms with E-state index in [4.69, 9.17) is 4.74 Å². The van der Waals surface area contributed by atoms with Crippen LogP contribution in [-0.2, 0) is 11.3 Å². The van der Waals surface area contributed by atoms with E-state index < -0.39 is 5.97 Å². The fourth-order valence-electron chi connectivity index (χ4n) is 1.79. The van der Waals surface area contributed by atoms with E-state index in [-0.39, 0.29) is 24.7 Å². The van der Waals surface area contributed by atoms with Crippen molar-refractivity contribution in [2.24, 2.45) is 0 Å². The molecule has 2 aromatic rings. The topological polar surface area (TPSA) is 59.4 Å². The lowest BCUT2D eigenvalue weighted by molar-refractivity contribution is 0.0519. The number of esters is 1. The van der Waals surface area contributed by atoms with E-state index >= 15 is 0 Å². The molecule has 20 heavy (non-hydrogen) atoms. The maximum absolute atomic E-state index is 12.9. The van der Waals surface area contributed by atoms with E-state index in [0.29, 0.717) is 11.3 Å². The summed E-state index contributed by atoms with van der Waals surface area (Å²) in [6.07, 6.45) is 0. The Morgan fingerprint density at radius 2 is 1.95 bits per heavy atom. The van der Waals surface area contributed by atoms with Gasteiger partial charge in [-0.1, -0.05) is 12.1 Å². The SMILES string of the molecule is CCOC(=O)c1cc(-c2ccc(F)cc2)cc(CO)n1. The molecule has 0 aliphatic heterocycles. The van der Waals surface area contributed by atoms with Gasteiger partial charge < -0.3 is 9.84 Å². The highest BCUT2D eigenvalue weighted by Gasteiger charge is 2.12. The predicted octanol–water partition coefficient (Wildman–Crippen LogP) is 2.56. The Morgan fingerprint density at radius 1 is 1.25 bits per heavy atom. The quantitative estimate of drug-likeness (QED) is 0.871. The van der Waals surface area contributed by atoms with Crippen LogP contribution in [0, 0.1) is 5.82 Å². The molecule has 2 rings (SSSR count). The molecule has 0 amide bonds. The standard InChI is InChI=1S/C15H14FNO3/c1-2-20-15(19)14-8-11(7-13(9-18)17-14)10-3-5-12(16)6-4-10/h3-8,18H,2,9H2,1H3. The fourth-order valence-corrected chi connectivity index (χ4v) is 1.79. The Kier molecular flexibility index (Phi) is 4.42. The second-order valence-corrected chi connectivity index (χ2v) is 4.12. The van der Waals surface area contributed by atoms with Gasteiger partial charge in [0.05, 0.1) is 18.9 Å². The smallest absolute Gasteiger partial charge is 0.356 e. The minimum absolute atomic E-state index is 0.123. The van der Waals surface area contributed by atoms with Crippen molar-refractivity contribution < 1.29 is 19.0 Å². The minimum Gasteiger partial charge on any atom is -0.461 e. The molecule has 0 saturated heterocycles. The van der Waals surface area contributed by atoms with Gasteiger partial charge in [-0.25, -0.2) is 14.2 Å². The molecular formula is C15H14FNO3. The van der Waals surface area contributed by atoms with Crippen molar-refractivity contribution in [2.75, 3.05) is 6.61 Å². The highest BCUT2D eigenvalue weighted by molar-refractivity contribution is 5.89. The summed E-state index contributed by atoms with van der Waals surface area (Å²) in [5.74, 6) is -0.887. The van der Waals surface area contributed by atoms with Crippen LogP contribution in [0.15, 0.2) is 36.4 Å². The van der Waals surface area contributed by atoms with Crippen LogP contribution >= 0.6 is 0 Å². The van der Waals surface area contributed by atoms with Crippen LogP contribution in [0.2, 0.25) is 0 Å². The molecule has 0 bridgehead atoms. The zero-order chi connectivity index (χ0) is 14.5. The second-order valence-electron chi connectivity index (χ2n) is 4.12. The zero-order valence-electron chi connectivity index (χ0n) is 11.0. The van der Waals surface area contributed by atoms with Gasteiger partial charge in [0.2, 0.25) is 0 Å². The lowest BCUT2D eigenvalue weighted by Crippen LogP contribution is -2.09. The van der Waals surface area contributed by atoms with Gasteiger partial charge in [-0.05, 0) is 42.3 Å². The molecular weight excluding hydrogens is 261 g/mol. The third-order valence-electron chi connectivity index (χ3n) is 2.70. The van der Waals surface area contributed by atoms with Gasteiger partial charge in [0, 0.05) is 0 Å². The molecule has 4 nitrogen and oxygen atoms in total. The second kappa shape index (κ2) is 6.25. The summed E-state index contributed by atoms with van der Waals surface area (Å²) >= 11 is 0. The van der Waals surface area contributed by atoms with E-state index in [1.54, 1.807) is 31.2 Å². The number of pyridine rings is 1. The summed E-state index contributed by atoms with van der Waals surface area (Å²) in [6.45, 7) is 1.66. The first kappa shape index (κ1) is 14.1. The van der Waals surface area contributed by atoms with Crippen LogP contribution in [0.4, 0.5) is 4.39 Å². The number of hydrogen-bond donors (Lipinski definition) is 1. The molecule has 5 heteroatoms. The summed E-state index contributed by atoms with van der Waals surface area (Å²) < 4.78 is 17.8. The number of carbonyl (C=O) groups excluding carboxylic acids is 1. The van der Waals surface area contributed by atoms with Gasteiger partial charge in [0.15, 0.2) is 0 Å². The third-order valence-corrected chi connectivity index (χ3v) is 2.70. The van der Waals surface area contributed by atoms with Crippen LogP contribution in [-0.4, -0.2) is 22.7 Å². The molecule has 0 fully saturated rings. The normalized spacial score (nSPS) is 10.3. The summed E-state index contributed by atoms with van der Waals surface area (Å²) in [4.78, 5) is 15.7. The molecule has 104 valence electrons. The third kappa shape index (κ3) is 3.19. The molecule has 1 aromatic heterocycles. The predicted molar refractivity (Wildman–Crippen MR) is 71.5 cm³/mol. The number of hydrogen-bond acceptors (Lipinski definition) is 4. The molecule has 1 heterocycles. The van der Waals surface area contributed by atoms with E-state index in [1.807, 2.05) is 0 Å². The van der Waals surface area contributed by atoms with Crippen molar-refractivity contribution >= 4 is 5.97 Å². The zero-order valence-corrected chi connectivity index (χ0v) is 11.0. The number of carbonyl (C=O) groups is 1. The number of aliphatic hydroxyl groups is 1. The van der Waals surface area contributed by atoms with Crippen molar-refractivity contribution in [1.82, 2.24) is 4.98 Å². The average Bonchev–Trinajstić information content (AvgIpc) is 2.47. The van der Waals surface area contributed by atoms with Gasteiger partial charge in [0.1, 0.15) is 11.5 Å². The van der Waals surface area contributed by atoms with Gasteiger partial charge >= 0.3 is 5.97 Å². The van der Waals surface area contributed by atoms with E-state index in [9.17, 15) is 14.3 Å². The molecule has 0 atom stereocenters. The van der Waals surface area contributed by atoms with E-state index in [1.165, 1.54) is 12.1 Å². The Labute approximate surface area is 115 Å². The highest BCUT2D eigenvalue weighted by atomic mass is 19.1. The van der Waals surface area contributed by atoms with E-state index in [2.05, 4.69) is 4.98 Å². The van der Waals surface area contributed by atoms with Crippen molar-refractivity contribution in [3.63, 3.8) is 0 Å². The maximum atomic E-state index is 12.9. The molecule has 0 radical (unpaired) electrons. The summed E-state index contributed by atoms with van der Waals surface area (Å²) in [5, 5.41) is 9.21. The summed E-state index contributed by atoms with van der Waals surface area (Å²) in [5.41, 5.74) is 1.88. The maximum Gasteiger partial charge on any atom is 0.356 e. The number of benzene rings is 1. The number of nitrogens with zero attached hydrogens (tertiary/aromatic N) is 1. The Morgan fingerprint density at radius 3 is 2.55 bits per heavy atom. The fraction of sp³-hybridized carbons (Fsp3) is 0.200. The number of aliphatic hydroxyl groups excluding tert-OH is 1. The molecule has 1 aromatic carbocycles. The lowest BCUT2D eigenvalue weighted by Gasteiger charge is -2.07. The van der Waals surface area contributed by atoms with Crippen LogP contribution < -0.4 is 0 Å². The molecule has 1 N–H and O–H groups in total. The summed E-state index contributed by atoms with van der Waals surface area (Å²) in [7, 11) is 0. The van der Waals surface area contributed by atoms with Crippen molar-refractivity contribution in [2.45, 2.75) is 13.5 Å². The van der Waals surface area contributed by atoms with Gasteiger partial charge in [0.25, 0.3) is 0 Å². The van der Waals surface area contributed by atoms with Crippen LogP contribution in [0.1, 0.15) is 23.1 Å². The average molecular weight is 275 g/mol. The number of ether oxygens (including phenoxy) is 1. The highest BCUT2D eigenvalue weighted by Crippen LogP contribution is 2.22. The monoisotopic (exact) mass is 275 g/mol. The summed E-state index contributed by atoms with van der Waals surface area (Å²) in [6, 6.07) is 9.07. The minimum atomic E-state index is -0.550. The van der Waals surface area contributed by atoms with Crippen LogP contribution in [0.5, 0.6) is 0 Å². The molecule has 0 saturated carbocycles. The van der Waals surface area contributed by atoms with Gasteiger partial charge in [-0.15, -0.1) is 0 Å².